The average molecular weight is 335 g/mol. The fourth-order valence-corrected chi connectivity index (χ4v) is 3.25. The second kappa shape index (κ2) is 6.97. The highest BCUT2D eigenvalue weighted by Crippen LogP contribution is 2.25. The van der Waals surface area contributed by atoms with Gasteiger partial charge < -0.3 is 14.2 Å². The molecule has 128 valence electrons. The van der Waals surface area contributed by atoms with Crippen LogP contribution < -0.4 is 4.74 Å². The summed E-state index contributed by atoms with van der Waals surface area (Å²) < 4.78 is 7.76. The molecule has 5 nitrogen and oxygen atoms in total. The van der Waals surface area contributed by atoms with Crippen molar-refractivity contribution >= 4 is 16.9 Å². The number of fused-ring (bicyclic) bond motifs is 1. The molecule has 4 rings (SSSR count). The van der Waals surface area contributed by atoms with Crippen LogP contribution in [0.1, 0.15) is 19.3 Å². The van der Waals surface area contributed by atoms with Crippen LogP contribution in [0.15, 0.2) is 54.9 Å². The van der Waals surface area contributed by atoms with E-state index in [0.717, 1.165) is 48.5 Å². The fourth-order valence-electron chi connectivity index (χ4n) is 3.25. The van der Waals surface area contributed by atoms with Crippen molar-refractivity contribution in [3.8, 4) is 11.5 Å². The van der Waals surface area contributed by atoms with E-state index >= 15 is 0 Å². The van der Waals surface area contributed by atoms with Crippen molar-refractivity contribution in [3.05, 3.63) is 54.9 Å². The zero-order chi connectivity index (χ0) is 17.1. The van der Waals surface area contributed by atoms with Crippen molar-refractivity contribution in [1.82, 2.24) is 14.5 Å². The van der Waals surface area contributed by atoms with Gasteiger partial charge in [-0.2, -0.15) is 0 Å². The number of imidazole rings is 1. The van der Waals surface area contributed by atoms with Crippen molar-refractivity contribution in [1.29, 1.82) is 0 Å². The third-order valence-electron chi connectivity index (χ3n) is 4.59. The lowest BCUT2D eigenvalue weighted by molar-refractivity contribution is -0.132. The number of amides is 1. The molecule has 2 aromatic carbocycles. The fraction of sp³-hybridized carbons (Fsp3) is 0.300. The normalized spacial score (nSPS) is 14.6. The van der Waals surface area contributed by atoms with E-state index in [1.807, 2.05) is 58.0 Å². The van der Waals surface area contributed by atoms with E-state index in [2.05, 4.69) is 4.98 Å². The molecule has 0 atom stereocenters. The van der Waals surface area contributed by atoms with Crippen LogP contribution in [0.2, 0.25) is 0 Å². The number of likely N-dealkylation sites (tertiary alicyclic amines) is 1. The molecule has 0 spiro atoms. The van der Waals surface area contributed by atoms with Crippen molar-refractivity contribution in [3.63, 3.8) is 0 Å². The molecule has 3 aromatic rings. The highest BCUT2D eigenvalue weighted by atomic mass is 16.5. The van der Waals surface area contributed by atoms with E-state index in [9.17, 15) is 4.79 Å². The number of aromatic nitrogens is 2. The third-order valence-corrected chi connectivity index (χ3v) is 4.59. The summed E-state index contributed by atoms with van der Waals surface area (Å²) in [6, 6.07) is 15.5. The summed E-state index contributed by atoms with van der Waals surface area (Å²) in [6.07, 6.45) is 5.17. The van der Waals surface area contributed by atoms with Gasteiger partial charge in [0.2, 0.25) is 5.91 Å². The van der Waals surface area contributed by atoms with Crippen LogP contribution in [0.3, 0.4) is 0 Å². The molecule has 0 aliphatic carbocycles. The van der Waals surface area contributed by atoms with Gasteiger partial charge in [0.1, 0.15) is 18.0 Å². The van der Waals surface area contributed by atoms with Gasteiger partial charge in [-0.3, -0.25) is 4.79 Å². The molecule has 2 heterocycles. The lowest BCUT2D eigenvalue weighted by atomic mass is 10.1. The monoisotopic (exact) mass is 335 g/mol. The van der Waals surface area contributed by atoms with Gasteiger partial charge in [-0.05, 0) is 43.5 Å². The number of benzene rings is 2. The van der Waals surface area contributed by atoms with Crippen LogP contribution in [0.25, 0.3) is 11.0 Å². The second-order valence-electron chi connectivity index (χ2n) is 6.38. The SMILES string of the molecule is O=C(Cn1cnc2cc(Oc3ccccc3)ccc21)N1CCCCC1. The van der Waals surface area contributed by atoms with Crippen LogP contribution in [-0.4, -0.2) is 33.4 Å². The van der Waals surface area contributed by atoms with Crippen LogP contribution in [0, 0.1) is 0 Å². The maximum atomic E-state index is 12.5. The Labute approximate surface area is 146 Å². The number of para-hydroxylation sites is 1. The summed E-state index contributed by atoms with van der Waals surface area (Å²) in [5.41, 5.74) is 1.78. The van der Waals surface area contributed by atoms with Crippen LogP contribution in [-0.2, 0) is 11.3 Å². The quantitative estimate of drug-likeness (QED) is 0.728. The van der Waals surface area contributed by atoms with E-state index in [4.69, 9.17) is 4.74 Å². The molecule has 1 aromatic heterocycles. The number of ether oxygens (including phenoxy) is 1. The molecule has 0 bridgehead atoms. The molecule has 5 heteroatoms. The molecule has 1 aliphatic rings. The predicted molar refractivity (Wildman–Crippen MR) is 96.7 cm³/mol. The van der Waals surface area contributed by atoms with Crippen LogP contribution >= 0.6 is 0 Å². The van der Waals surface area contributed by atoms with Gasteiger partial charge in [0.05, 0.1) is 17.4 Å². The third kappa shape index (κ3) is 3.50. The number of rotatable bonds is 4. The first kappa shape index (κ1) is 15.7. The lowest BCUT2D eigenvalue weighted by Gasteiger charge is -2.26. The standard InChI is InChI=1S/C20H21N3O2/c24-20(22-11-5-2-6-12-22)14-23-15-21-18-13-17(9-10-19(18)23)25-16-7-3-1-4-8-16/h1,3-4,7-10,13,15H,2,5-6,11-12,14H2. The van der Waals surface area contributed by atoms with Gasteiger partial charge in [-0.25, -0.2) is 4.98 Å². The van der Waals surface area contributed by atoms with E-state index in [1.165, 1.54) is 6.42 Å². The largest absolute Gasteiger partial charge is 0.457 e. The Morgan fingerprint density at radius 1 is 1.00 bits per heavy atom. The Bertz CT molecular complexity index is 867. The van der Waals surface area contributed by atoms with E-state index in [1.54, 1.807) is 6.33 Å². The van der Waals surface area contributed by atoms with E-state index in [0.29, 0.717) is 6.54 Å². The first-order valence-corrected chi connectivity index (χ1v) is 8.75. The topological polar surface area (TPSA) is 47.4 Å². The summed E-state index contributed by atoms with van der Waals surface area (Å²) in [4.78, 5) is 18.9. The molecule has 0 radical (unpaired) electrons. The van der Waals surface area contributed by atoms with Crippen LogP contribution in [0.5, 0.6) is 11.5 Å². The molecule has 1 fully saturated rings. The Hall–Kier alpha value is -2.82. The molecule has 1 aliphatic heterocycles. The van der Waals surface area contributed by atoms with Gasteiger partial charge in [-0.15, -0.1) is 0 Å². The Balaban J connectivity index is 1.50. The highest BCUT2D eigenvalue weighted by molar-refractivity contribution is 5.81. The Morgan fingerprint density at radius 3 is 2.60 bits per heavy atom. The lowest BCUT2D eigenvalue weighted by Crippen LogP contribution is -2.37. The minimum atomic E-state index is 0.170. The van der Waals surface area contributed by atoms with Gasteiger partial charge >= 0.3 is 0 Å². The van der Waals surface area contributed by atoms with Gasteiger partial charge in [-0.1, -0.05) is 18.2 Å². The number of carbonyl (C=O) groups excluding carboxylic acids is 1. The van der Waals surface area contributed by atoms with Crippen LogP contribution in [0.4, 0.5) is 0 Å². The van der Waals surface area contributed by atoms with Crippen molar-refractivity contribution in [2.24, 2.45) is 0 Å². The summed E-state index contributed by atoms with van der Waals surface area (Å²) in [6.45, 7) is 2.09. The molecule has 0 unspecified atom stereocenters. The highest BCUT2D eigenvalue weighted by Gasteiger charge is 2.17. The van der Waals surface area contributed by atoms with Gasteiger partial charge in [0.15, 0.2) is 0 Å². The Morgan fingerprint density at radius 2 is 1.80 bits per heavy atom. The summed E-state index contributed by atoms with van der Waals surface area (Å²) >= 11 is 0. The molecule has 0 saturated carbocycles. The zero-order valence-corrected chi connectivity index (χ0v) is 14.1. The number of carbonyl (C=O) groups is 1. The molecule has 25 heavy (non-hydrogen) atoms. The summed E-state index contributed by atoms with van der Waals surface area (Å²) in [5, 5.41) is 0. The molecular formula is C20H21N3O2. The van der Waals surface area contributed by atoms with E-state index < -0.39 is 0 Å². The van der Waals surface area contributed by atoms with Crippen molar-refractivity contribution < 1.29 is 9.53 Å². The van der Waals surface area contributed by atoms with Crippen molar-refractivity contribution in [2.75, 3.05) is 13.1 Å². The maximum absolute atomic E-state index is 12.5. The summed E-state index contributed by atoms with van der Waals surface area (Å²) in [5.74, 6) is 1.71. The van der Waals surface area contributed by atoms with Gasteiger partial charge in [0.25, 0.3) is 0 Å². The number of hydrogen-bond donors (Lipinski definition) is 0. The molecule has 1 amide bonds. The first-order chi connectivity index (χ1) is 12.3. The molecule has 1 saturated heterocycles. The smallest absolute Gasteiger partial charge is 0.242 e. The minimum absolute atomic E-state index is 0.170. The number of hydrogen-bond acceptors (Lipinski definition) is 3. The second-order valence-corrected chi connectivity index (χ2v) is 6.38. The molecular weight excluding hydrogens is 314 g/mol. The zero-order valence-electron chi connectivity index (χ0n) is 14.1. The van der Waals surface area contributed by atoms with E-state index in [-0.39, 0.29) is 5.91 Å². The maximum Gasteiger partial charge on any atom is 0.242 e. The predicted octanol–water partition coefficient (Wildman–Crippen LogP) is 3.84. The first-order valence-electron chi connectivity index (χ1n) is 8.75. The van der Waals surface area contributed by atoms with Gasteiger partial charge in [0, 0.05) is 19.2 Å². The minimum Gasteiger partial charge on any atom is -0.457 e. The summed E-state index contributed by atoms with van der Waals surface area (Å²) in [7, 11) is 0. The Kier molecular flexibility index (Phi) is 4.37. The number of nitrogens with zero attached hydrogens (tertiary/aromatic N) is 3. The number of piperidine rings is 1. The van der Waals surface area contributed by atoms with Crippen molar-refractivity contribution in [2.45, 2.75) is 25.8 Å². The average Bonchev–Trinajstić information content (AvgIpc) is 3.05. The molecule has 0 N–H and O–H groups in total.